The van der Waals surface area contributed by atoms with Crippen molar-refractivity contribution in [1.82, 2.24) is 14.9 Å². The number of fused-ring (bicyclic) bond motifs is 2. The highest BCUT2D eigenvalue weighted by Gasteiger charge is 2.42. The van der Waals surface area contributed by atoms with Gasteiger partial charge in [-0.25, -0.2) is 9.97 Å². The Labute approximate surface area is 159 Å². The molecule has 1 saturated heterocycles. The molecule has 0 amide bonds. The van der Waals surface area contributed by atoms with Gasteiger partial charge in [0.15, 0.2) is 0 Å². The van der Waals surface area contributed by atoms with Gasteiger partial charge in [0.05, 0.1) is 12.8 Å². The summed E-state index contributed by atoms with van der Waals surface area (Å²) < 4.78 is 5.61. The summed E-state index contributed by atoms with van der Waals surface area (Å²) in [6.45, 7) is 4.92. The van der Waals surface area contributed by atoms with Gasteiger partial charge in [-0.1, -0.05) is 24.3 Å². The molecular formula is C22H24N4O. The lowest BCUT2D eigenvalue weighted by atomic mass is 9.69. The number of hydrogen-bond acceptors (Lipinski definition) is 5. The molecule has 5 heteroatoms. The lowest BCUT2D eigenvalue weighted by molar-refractivity contribution is 0.137. The largest absolute Gasteiger partial charge is 0.468 e. The van der Waals surface area contributed by atoms with Gasteiger partial charge in [-0.15, -0.1) is 0 Å². The molecule has 138 valence electrons. The molecule has 2 aromatic heterocycles. The van der Waals surface area contributed by atoms with Gasteiger partial charge >= 0.3 is 0 Å². The highest BCUT2D eigenvalue weighted by molar-refractivity contribution is 5.40. The summed E-state index contributed by atoms with van der Waals surface area (Å²) in [5.41, 5.74) is 3.20. The van der Waals surface area contributed by atoms with Crippen molar-refractivity contribution >= 4 is 5.95 Å². The Morgan fingerprint density at radius 3 is 2.56 bits per heavy atom. The first-order chi connectivity index (χ1) is 13.3. The number of furan rings is 1. The van der Waals surface area contributed by atoms with E-state index in [1.165, 1.54) is 11.1 Å². The van der Waals surface area contributed by atoms with Gasteiger partial charge in [-0.2, -0.15) is 0 Å². The van der Waals surface area contributed by atoms with Crippen molar-refractivity contribution < 1.29 is 4.42 Å². The minimum absolute atomic E-state index is 0.201. The van der Waals surface area contributed by atoms with E-state index in [1.807, 2.05) is 24.5 Å². The van der Waals surface area contributed by atoms with Gasteiger partial charge in [0.1, 0.15) is 5.76 Å². The Bertz CT molecular complexity index is 886. The molecule has 5 nitrogen and oxygen atoms in total. The molecule has 0 radical (unpaired) electrons. The average molecular weight is 360 g/mol. The second-order valence-electron chi connectivity index (χ2n) is 7.70. The van der Waals surface area contributed by atoms with E-state index in [0.29, 0.717) is 0 Å². The van der Waals surface area contributed by atoms with Gasteiger partial charge in [-0.05, 0) is 42.2 Å². The Hall–Kier alpha value is -2.66. The van der Waals surface area contributed by atoms with Gasteiger partial charge in [-0.3, -0.25) is 4.90 Å². The zero-order chi connectivity index (χ0) is 18.1. The molecular weight excluding hydrogens is 336 g/mol. The lowest BCUT2D eigenvalue weighted by Gasteiger charge is -2.48. The molecule has 0 aliphatic carbocycles. The van der Waals surface area contributed by atoms with E-state index in [9.17, 15) is 0 Å². The van der Waals surface area contributed by atoms with Crippen LogP contribution in [0.5, 0.6) is 0 Å². The normalized spacial score (nSPS) is 19.2. The van der Waals surface area contributed by atoms with Crippen LogP contribution in [0, 0.1) is 0 Å². The molecule has 0 bridgehead atoms. The standard InChI is InChI=1S/C22H24N4O/c1-2-7-20-18(5-1)15-25(16-19-6-3-14-27-19)17-22(20)8-12-26(13-9-22)21-23-10-4-11-24-21/h1-7,10-11,14H,8-9,12-13,15-17H2. The van der Waals surface area contributed by atoms with Crippen LogP contribution in [0.4, 0.5) is 5.95 Å². The monoisotopic (exact) mass is 360 g/mol. The molecule has 0 atom stereocenters. The maximum atomic E-state index is 5.61. The number of hydrogen-bond donors (Lipinski definition) is 0. The van der Waals surface area contributed by atoms with Crippen LogP contribution >= 0.6 is 0 Å². The average Bonchev–Trinajstić information content (AvgIpc) is 3.22. The van der Waals surface area contributed by atoms with Crippen molar-refractivity contribution in [1.29, 1.82) is 0 Å². The summed E-state index contributed by atoms with van der Waals surface area (Å²) in [6, 6.07) is 14.9. The maximum Gasteiger partial charge on any atom is 0.225 e. The summed E-state index contributed by atoms with van der Waals surface area (Å²) >= 11 is 0. The first-order valence-electron chi connectivity index (χ1n) is 9.68. The van der Waals surface area contributed by atoms with E-state index < -0.39 is 0 Å². The molecule has 0 unspecified atom stereocenters. The van der Waals surface area contributed by atoms with E-state index in [0.717, 1.165) is 57.3 Å². The number of benzene rings is 1. The maximum absolute atomic E-state index is 5.61. The van der Waals surface area contributed by atoms with Gasteiger partial charge in [0.25, 0.3) is 0 Å². The number of rotatable bonds is 3. The number of aromatic nitrogens is 2. The minimum atomic E-state index is 0.201. The van der Waals surface area contributed by atoms with Crippen LogP contribution in [0.15, 0.2) is 65.5 Å². The van der Waals surface area contributed by atoms with Crippen molar-refractivity contribution in [2.75, 3.05) is 24.5 Å². The molecule has 27 heavy (non-hydrogen) atoms. The van der Waals surface area contributed by atoms with E-state index in [2.05, 4.69) is 50.1 Å². The third kappa shape index (κ3) is 3.12. The highest BCUT2D eigenvalue weighted by atomic mass is 16.3. The number of piperidine rings is 1. The quantitative estimate of drug-likeness (QED) is 0.714. The first-order valence-corrected chi connectivity index (χ1v) is 9.68. The molecule has 1 aromatic carbocycles. The zero-order valence-electron chi connectivity index (χ0n) is 15.4. The molecule has 5 rings (SSSR count). The Morgan fingerprint density at radius 1 is 0.963 bits per heavy atom. The molecule has 1 spiro atoms. The summed E-state index contributed by atoms with van der Waals surface area (Å²) in [5, 5.41) is 0. The predicted octanol–water partition coefficient (Wildman–Crippen LogP) is 3.62. The smallest absolute Gasteiger partial charge is 0.225 e. The molecule has 2 aliphatic rings. The Balaban J connectivity index is 1.40. The number of nitrogens with zero attached hydrogens (tertiary/aromatic N) is 4. The second-order valence-corrected chi connectivity index (χ2v) is 7.70. The van der Waals surface area contributed by atoms with Gasteiger partial charge in [0, 0.05) is 44.0 Å². The molecule has 0 saturated carbocycles. The van der Waals surface area contributed by atoms with E-state index in [4.69, 9.17) is 4.42 Å². The third-order valence-electron chi connectivity index (χ3n) is 6.02. The molecule has 0 N–H and O–H groups in total. The summed E-state index contributed by atoms with van der Waals surface area (Å²) in [6.07, 6.45) is 7.66. The fourth-order valence-corrected chi connectivity index (χ4v) is 4.74. The van der Waals surface area contributed by atoms with E-state index >= 15 is 0 Å². The molecule has 4 heterocycles. The highest BCUT2D eigenvalue weighted by Crippen LogP contribution is 2.42. The van der Waals surface area contributed by atoms with Crippen LogP contribution in [0.3, 0.4) is 0 Å². The zero-order valence-corrected chi connectivity index (χ0v) is 15.4. The van der Waals surface area contributed by atoms with Crippen LogP contribution < -0.4 is 4.90 Å². The summed E-state index contributed by atoms with van der Waals surface area (Å²) in [4.78, 5) is 13.7. The Morgan fingerprint density at radius 2 is 1.78 bits per heavy atom. The van der Waals surface area contributed by atoms with Crippen molar-refractivity contribution in [3.63, 3.8) is 0 Å². The molecule has 2 aliphatic heterocycles. The molecule has 1 fully saturated rings. The van der Waals surface area contributed by atoms with Crippen molar-refractivity contribution in [2.45, 2.75) is 31.3 Å². The summed E-state index contributed by atoms with van der Waals surface area (Å²) in [5.74, 6) is 1.89. The lowest BCUT2D eigenvalue weighted by Crippen LogP contribution is -2.52. The van der Waals surface area contributed by atoms with Crippen LogP contribution in [-0.2, 0) is 18.5 Å². The topological polar surface area (TPSA) is 45.4 Å². The molecule has 3 aromatic rings. The Kier molecular flexibility index (Phi) is 4.17. The van der Waals surface area contributed by atoms with E-state index in [1.54, 1.807) is 6.26 Å². The summed E-state index contributed by atoms with van der Waals surface area (Å²) in [7, 11) is 0. The van der Waals surface area contributed by atoms with Crippen molar-refractivity contribution in [3.8, 4) is 0 Å². The van der Waals surface area contributed by atoms with Crippen molar-refractivity contribution in [2.24, 2.45) is 0 Å². The van der Waals surface area contributed by atoms with Crippen LogP contribution in [0.25, 0.3) is 0 Å². The third-order valence-corrected chi connectivity index (χ3v) is 6.02. The van der Waals surface area contributed by atoms with Crippen molar-refractivity contribution in [3.05, 3.63) is 78.0 Å². The van der Waals surface area contributed by atoms with Crippen LogP contribution in [-0.4, -0.2) is 34.5 Å². The fraction of sp³-hybridized carbons (Fsp3) is 0.364. The van der Waals surface area contributed by atoms with Gasteiger partial charge < -0.3 is 9.32 Å². The van der Waals surface area contributed by atoms with Crippen LogP contribution in [0.2, 0.25) is 0 Å². The van der Waals surface area contributed by atoms with Crippen LogP contribution in [0.1, 0.15) is 29.7 Å². The minimum Gasteiger partial charge on any atom is -0.468 e. The predicted molar refractivity (Wildman–Crippen MR) is 104 cm³/mol. The number of anilines is 1. The SMILES string of the molecule is c1cnc(N2CCC3(CC2)CN(Cc2ccco2)Cc2ccccc23)nc1. The first kappa shape index (κ1) is 16.5. The fourth-order valence-electron chi connectivity index (χ4n) is 4.74. The van der Waals surface area contributed by atoms with Gasteiger partial charge in [0.2, 0.25) is 5.95 Å². The van der Waals surface area contributed by atoms with E-state index in [-0.39, 0.29) is 5.41 Å². The second kappa shape index (κ2) is 6.82.